The van der Waals surface area contributed by atoms with Gasteiger partial charge in [-0.15, -0.1) is 0 Å². The van der Waals surface area contributed by atoms with Crippen LogP contribution >= 0.6 is 0 Å². The number of nitrogens with one attached hydrogen (secondary N) is 1. The molecule has 1 aromatic rings. The number of nitrogens with zero attached hydrogens (tertiary/aromatic N) is 2. The van der Waals surface area contributed by atoms with Crippen molar-refractivity contribution < 1.29 is 9.59 Å². The summed E-state index contributed by atoms with van der Waals surface area (Å²) < 4.78 is 0. The van der Waals surface area contributed by atoms with Crippen LogP contribution in [0.3, 0.4) is 0 Å². The summed E-state index contributed by atoms with van der Waals surface area (Å²) >= 11 is 0. The van der Waals surface area contributed by atoms with Crippen LogP contribution in [0.15, 0.2) is 30.4 Å². The highest BCUT2D eigenvalue weighted by Gasteiger charge is 2.60. The minimum Gasteiger partial charge on any atom is -0.374 e. The number of anilines is 1. The van der Waals surface area contributed by atoms with Crippen molar-refractivity contribution in [2.45, 2.75) is 77.8 Å². The van der Waals surface area contributed by atoms with Gasteiger partial charge >= 0.3 is 0 Å². The van der Waals surface area contributed by atoms with Crippen LogP contribution in [0.25, 0.3) is 0 Å². The van der Waals surface area contributed by atoms with Crippen molar-refractivity contribution in [1.29, 1.82) is 0 Å². The maximum atomic E-state index is 13.1. The molecule has 0 bridgehead atoms. The molecule has 6 rings (SSSR count). The van der Waals surface area contributed by atoms with E-state index < -0.39 is 0 Å². The van der Waals surface area contributed by atoms with E-state index in [0.717, 1.165) is 19.4 Å². The molecule has 0 spiro atoms. The number of amides is 2. The second kappa shape index (κ2) is 8.63. The third-order valence-electron chi connectivity index (χ3n) is 11.5. The third-order valence-corrected chi connectivity index (χ3v) is 11.5. The molecule has 5 nitrogen and oxygen atoms in total. The van der Waals surface area contributed by atoms with Crippen molar-refractivity contribution in [3.63, 3.8) is 0 Å². The van der Waals surface area contributed by atoms with Crippen molar-refractivity contribution in [3.8, 4) is 0 Å². The molecule has 3 saturated carbocycles. The van der Waals surface area contributed by atoms with Gasteiger partial charge in [0.2, 0.25) is 11.8 Å². The Kier molecular flexibility index (Phi) is 5.77. The van der Waals surface area contributed by atoms with E-state index in [1.807, 2.05) is 18.0 Å². The van der Waals surface area contributed by atoms with Crippen LogP contribution in [0.1, 0.15) is 69.9 Å². The lowest BCUT2D eigenvalue weighted by atomic mass is 9.47. The minimum atomic E-state index is 0.0903. The Labute approximate surface area is 216 Å². The normalized spacial score (nSPS) is 38.9. The second-order valence-electron chi connectivity index (χ2n) is 13.1. The van der Waals surface area contributed by atoms with Gasteiger partial charge in [-0.05, 0) is 97.3 Å². The second-order valence-corrected chi connectivity index (χ2v) is 13.1. The minimum absolute atomic E-state index is 0.0903. The maximum Gasteiger partial charge on any atom is 0.246 e. The van der Waals surface area contributed by atoms with Gasteiger partial charge in [0.15, 0.2) is 0 Å². The highest BCUT2D eigenvalue weighted by atomic mass is 16.2. The van der Waals surface area contributed by atoms with E-state index in [1.54, 1.807) is 0 Å². The summed E-state index contributed by atoms with van der Waals surface area (Å²) in [6, 6.07) is 6.98. The number of fused-ring (bicyclic) bond motifs is 6. The van der Waals surface area contributed by atoms with Gasteiger partial charge in [0.05, 0.1) is 0 Å². The first-order valence-electron chi connectivity index (χ1n) is 14.3. The van der Waals surface area contributed by atoms with E-state index in [0.29, 0.717) is 42.7 Å². The Hall–Kier alpha value is -2.30. The zero-order chi connectivity index (χ0) is 25.2. The summed E-state index contributed by atoms with van der Waals surface area (Å²) in [5.74, 6) is 2.93. The molecule has 194 valence electrons. The summed E-state index contributed by atoms with van der Waals surface area (Å²) in [6.07, 6.45) is 13.0. The molecule has 7 atom stereocenters. The fourth-order valence-electron chi connectivity index (χ4n) is 9.41. The van der Waals surface area contributed by atoms with Gasteiger partial charge in [-0.2, -0.15) is 0 Å². The van der Waals surface area contributed by atoms with Gasteiger partial charge in [0, 0.05) is 50.7 Å². The average molecular weight is 490 g/mol. The Morgan fingerprint density at radius 1 is 1.08 bits per heavy atom. The maximum absolute atomic E-state index is 13.1. The fraction of sp³-hybridized carbons (Fsp3) is 0.677. The predicted octanol–water partition coefficient (Wildman–Crippen LogP) is 4.94. The first kappa shape index (κ1) is 24.1. The van der Waals surface area contributed by atoms with E-state index in [1.165, 1.54) is 48.9 Å². The largest absolute Gasteiger partial charge is 0.374 e. The molecule has 0 aromatic heterocycles. The third kappa shape index (κ3) is 3.63. The lowest BCUT2D eigenvalue weighted by Gasteiger charge is -2.60. The van der Waals surface area contributed by atoms with E-state index in [4.69, 9.17) is 0 Å². The van der Waals surface area contributed by atoms with E-state index in [2.05, 4.69) is 55.4 Å². The summed E-state index contributed by atoms with van der Waals surface area (Å²) in [5.41, 5.74) is 4.30. The molecule has 0 saturated heterocycles. The predicted molar refractivity (Wildman–Crippen MR) is 143 cm³/mol. The number of carbonyl (C=O) groups excluding carboxylic acids is 2. The quantitative estimate of drug-likeness (QED) is 0.652. The number of hydrogen-bond donors (Lipinski definition) is 1. The fourth-order valence-corrected chi connectivity index (χ4v) is 9.41. The lowest BCUT2D eigenvalue weighted by Crippen LogP contribution is -2.59. The van der Waals surface area contributed by atoms with Gasteiger partial charge in [0.25, 0.3) is 0 Å². The van der Waals surface area contributed by atoms with Crippen LogP contribution in [0, 0.1) is 34.5 Å². The van der Waals surface area contributed by atoms with Gasteiger partial charge < -0.3 is 15.1 Å². The Morgan fingerprint density at radius 3 is 2.75 bits per heavy atom. The molecule has 3 fully saturated rings. The molecule has 3 aliphatic carbocycles. The molecule has 2 aliphatic heterocycles. The van der Waals surface area contributed by atoms with Crippen molar-refractivity contribution in [2.24, 2.45) is 34.5 Å². The SMILES string of the molecule is CN1CCc2cc(CNC(=O)C[C@H]3CC[C@H]4[C@@H]5CC[C@H]6N(C)C(=O)C=C[C@]6(C)[C@H]5CC[C@]34C)ccc21. The Balaban J connectivity index is 1.11. The van der Waals surface area contributed by atoms with Crippen LogP contribution in [0.5, 0.6) is 0 Å². The first-order valence-corrected chi connectivity index (χ1v) is 14.3. The molecule has 0 radical (unpaired) electrons. The summed E-state index contributed by atoms with van der Waals surface area (Å²) in [4.78, 5) is 29.7. The van der Waals surface area contributed by atoms with E-state index in [9.17, 15) is 9.59 Å². The molecule has 5 aliphatic rings. The molecule has 36 heavy (non-hydrogen) atoms. The molecule has 5 heteroatoms. The summed E-state index contributed by atoms with van der Waals surface area (Å²) in [6.45, 7) is 6.62. The summed E-state index contributed by atoms with van der Waals surface area (Å²) in [7, 11) is 4.14. The van der Waals surface area contributed by atoms with Gasteiger partial charge in [-0.25, -0.2) is 0 Å². The first-order chi connectivity index (χ1) is 17.2. The zero-order valence-electron chi connectivity index (χ0n) is 22.6. The van der Waals surface area contributed by atoms with Crippen molar-refractivity contribution in [3.05, 3.63) is 41.5 Å². The topological polar surface area (TPSA) is 52.7 Å². The van der Waals surface area contributed by atoms with Crippen LogP contribution in [-0.4, -0.2) is 43.4 Å². The van der Waals surface area contributed by atoms with Crippen LogP contribution < -0.4 is 10.2 Å². The average Bonchev–Trinajstić information content (AvgIpc) is 3.39. The van der Waals surface area contributed by atoms with Gasteiger partial charge in [0.1, 0.15) is 0 Å². The van der Waals surface area contributed by atoms with Gasteiger partial charge in [-0.3, -0.25) is 9.59 Å². The zero-order valence-corrected chi connectivity index (χ0v) is 22.6. The Morgan fingerprint density at radius 2 is 1.92 bits per heavy atom. The smallest absolute Gasteiger partial charge is 0.246 e. The molecule has 2 amide bonds. The number of rotatable bonds is 4. The van der Waals surface area contributed by atoms with E-state index >= 15 is 0 Å². The van der Waals surface area contributed by atoms with Crippen LogP contribution in [0.4, 0.5) is 5.69 Å². The number of benzene rings is 1. The molecule has 1 aromatic carbocycles. The number of hydrogen-bond acceptors (Lipinski definition) is 3. The molecule has 1 N–H and O–H groups in total. The van der Waals surface area contributed by atoms with E-state index in [-0.39, 0.29) is 22.6 Å². The standard InChI is InChI=1S/C31H43N3O2/c1-30-14-11-25-23(7-10-27-31(25,2)15-12-29(36)34(27)4)24(30)8-6-22(30)18-28(35)32-19-20-5-9-26-21(17-20)13-16-33(26)3/h5,9,12,15,17,22-25,27H,6-8,10-11,13-14,16,18-19H2,1-4H3,(H,32,35)/t22-,23+,24+,25+,27-,30-,31-/m1/s1. The monoisotopic (exact) mass is 489 g/mol. The number of carbonyl (C=O) groups is 2. The highest BCUT2D eigenvalue weighted by molar-refractivity contribution is 5.89. The van der Waals surface area contributed by atoms with Crippen molar-refractivity contribution in [1.82, 2.24) is 10.2 Å². The lowest BCUT2D eigenvalue weighted by molar-refractivity contribution is -0.139. The Bertz CT molecular complexity index is 1100. The molecular formula is C31H43N3O2. The molecule has 2 heterocycles. The number of likely N-dealkylation sites (N-methyl/N-ethyl adjacent to an activating group) is 2. The van der Waals surface area contributed by atoms with Crippen LogP contribution in [-0.2, 0) is 22.6 Å². The van der Waals surface area contributed by atoms with Crippen molar-refractivity contribution >= 4 is 17.5 Å². The molecule has 0 unspecified atom stereocenters. The highest BCUT2D eigenvalue weighted by Crippen LogP contribution is 2.65. The summed E-state index contributed by atoms with van der Waals surface area (Å²) in [5, 5.41) is 3.25. The molecular weight excluding hydrogens is 446 g/mol. The van der Waals surface area contributed by atoms with Crippen LogP contribution in [0.2, 0.25) is 0 Å². The van der Waals surface area contributed by atoms with Crippen molar-refractivity contribution in [2.75, 3.05) is 25.5 Å². The van der Waals surface area contributed by atoms with Gasteiger partial charge in [-0.1, -0.05) is 32.1 Å².